The Bertz CT molecular complexity index is 2860. The van der Waals surface area contributed by atoms with E-state index < -0.39 is 0 Å². The molecule has 1 unspecified atom stereocenters. The Morgan fingerprint density at radius 2 is 1.04 bits per heavy atom. The molecule has 8 aromatic rings. The number of thiophene rings is 1. The maximum atomic E-state index is 2.41. The molecule has 57 heavy (non-hydrogen) atoms. The molecule has 0 amide bonds. The molecule has 11 rings (SSSR count). The number of hydrogen-bond donors (Lipinski definition) is 0. The van der Waals surface area contributed by atoms with Gasteiger partial charge in [-0.25, -0.2) is 0 Å². The first kappa shape index (κ1) is 33.8. The Labute approximate surface area is 339 Å². The molecule has 1 heterocycles. The summed E-state index contributed by atoms with van der Waals surface area (Å²) < 4.78 is 1.39. The fourth-order valence-electron chi connectivity index (χ4n) is 9.72. The predicted molar refractivity (Wildman–Crippen MR) is 243 cm³/mol. The molecule has 0 saturated heterocycles. The Morgan fingerprint density at radius 3 is 1.79 bits per heavy atom. The van der Waals surface area contributed by atoms with Gasteiger partial charge in [-0.2, -0.15) is 0 Å². The SMILES string of the molecule is C1=CC2=C(CC1)c1ccccc1C2(c1ccccc1)c1ccc(N(c2ccc(-c3ccccc3)cc2)c2ccc(-c3cccc4c5c(sc34)CCC=C5)cc2)cc1. The minimum absolute atomic E-state index is 0.385. The largest absolute Gasteiger partial charge is 0.311 e. The van der Waals surface area contributed by atoms with Gasteiger partial charge in [0.05, 0.1) is 5.41 Å². The molecule has 0 fully saturated rings. The van der Waals surface area contributed by atoms with Crippen molar-refractivity contribution in [2.45, 2.75) is 31.1 Å². The van der Waals surface area contributed by atoms with Crippen LogP contribution in [0, 0.1) is 0 Å². The smallest absolute Gasteiger partial charge is 0.0710 e. The fourth-order valence-corrected chi connectivity index (χ4v) is 11.1. The summed E-state index contributed by atoms with van der Waals surface area (Å²) in [4.78, 5) is 3.91. The van der Waals surface area contributed by atoms with Gasteiger partial charge in [-0.3, -0.25) is 0 Å². The molecule has 0 bridgehead atoms. The zero-order chi connectivity index (χ0) is 37.8. The molecule has 1 atom stereocenters. The lowest BCUT2D eigenvalue weighted by molar-refractivity contribution is 0.756. The molecule has 0 radical (unpaired) electrons. The van der Waals surface area contributed by atoms with Gasteiger partial charge < -0.3 is 4.90 Å². The molecule has 0 N–H and O–H groups in total. The zero-order valence-electron chi connectivity index (χ0n) is 31.7. The second-order valence-corrected chi connectivity index (χ2v) is 16.5. The van der Waals surface area contributed by atoms with Crippen molar-refractivity contribution in [3.05, 3.63) is 232 Å². The van der Waals surface area contributed by atoms with Crippen LogP contribution < -0.4 is 4.90 Å². The highest BCUT2D eigenvalue weighted by molar-refractivity contribution is 7.20. The van der Waals surface area contributed by atoms with Crippen LogP contribution in [-0.4, -0.2) is 0 Å². The first-order chi connectivity index (χ1) is 28.3. The van der Waals surface area contributed by atoms with Crippen LogP contribution in [0.2, 0.25) is 0 Å². The number of allylic oxidation sites excluding steroid dienone is 5. The number of anilines is 3. The number of hydrogen-bond acceptors (Lipinski definition) is 2. The van der Waals surface area contributed by atoms with E-state index in [9.17, 15) is 0 Å². The van der Waals surface area contributed by atoms with Crippen molar-refractivity contribution < 1.29 is 0 Å². The van der Waals surface area contributed by atoms with Crippen molar-refractivity contribution in [1.82, 2.24) is 0 Å². The minimum atomic E-state index is -0.385. The Balaban J connectivity index is 1.03. The topological polar surface area (TPSA) is 3.24 Å². The van der Waals surface area contributed by atoms with Crippen LogP contribution in [-0.2, 0) is 11.8 Å². The van der Waals surface area contributed by atoms with Gasteiger partial charge in [-0.1, -0.05) is 164 Å². The van der Waals surface area contributed by atoms with E-state index in [1.54, 1.807) is 0 Å². The van der Waals surface area contributed by atoms with E-state index >= 15 is 0 Å². The van der Waals surface area contributed by atoms with E-state index in [-0.39, 0.29) is 5.41 Å². The van der Waals surface area contributed by atoms with Crippen LogP contribution in [0.3, 0.4) is 0 Å². The Kier molecular flexibility index (Phi) is 8.26. The van der Waals surface area contributed by atoms with Crippen LogP contribution in [0.5, 0.6) is 0 Å². The molecular weight excluding hydrogens is 707 g/mol. The molecule has 7 aromatic carbocycles. The molecule has 1 aromatic heterocycles. The summed E-state index contributed by atoms with van der Waals surface area (Å²) in [5.74, 6) is 0. The lowest BCUT2D eigenvalue weighted by atomic mass is 9.66. The predicted octanol–water partition coefficient (Wildman–Crippen LogP) is 15.1. The highest BCUT2D eigenvalue weighted by Gasteiger charge is 2.47. The molecule has 1 nitrogen and oxygen atoms in total. The summed E-state index contributed by atoms with van der Waals surface area (Å²) in [6.07, 6.45) is 13.8. The minimum Gasteiger partial charge on any atom is -0.311 e. The average Bonchev–Trinajstić information content (AvgIpc) is 3.82. The van der Waals surface area contributed by atoms with Gasteiger partial charge in [-0.05, 0) is 123 Å². The average molecular weight is 748 g/mol. The second-order valence-electron chi connectivity index (χ2n) is 15.4. The summed E-state index contributed by atoms with van der Waals surface area (Å²) in [6.45, 7) is 0. The third kappa shape index (κ3) is 5.51. The summed E-state index contributed by atoms with van der Waals surface area (Å²) in [6, 6.07) is 65.3. The molecule has 3 aliphatic carbocycles. The van der Waals surface area contributed by atoms with E-state index in [0.29, 0.717) is 0 Å². The van der Waals surface area contributed by atoms with Gasteiger partial charge in [0.1, 0.15) is 0 Å². The van der Waals surface area contributed by atoms with Crippen LogP contribution in [0.1, 0.15) is 52.0 Å². The van der Waals surface area contributed by atoms with Crippen molar-refractivity contribution in [2.24, 2.45) is 0 Å². The quantitative estimate of drug-likeness (QED) is 0.157. The Morgan fingerprint density at radius 1 is 0.456 bits per heavy atom. The van der Waals surface area contributed by atoms with Gasteiger partial charge in [0.2, 0.25) is 0 Å². The van der Waals surface area contributed by atoms with Gasteiger partial charge in [0.15, 0.2) is 0 Å². The van der Waals surface area contributed by atoms with Crippen molar-refractivity contribution in [3.8, 4) is 22.3 Å². The number of rotatable bonds is 7. The van der Waals surface area contributed by atoms with E-state index in [2.05, 4.69) is 205 Å². The maximum Gasteiger partial charge on any atom is 0.0710 e. The molecule has 2 heteroatoms. The number of nitrogens with zero attached hydrogens (tertiary/aromatic N) is 1. The second kappa shape index (κ2) is 13.9. The van der Waals surface area contributed by atoms with Gasteiger partial charge in [-0.15, -0.1) is 11.3 Å². The van der Waals surface area contributed by atoms with Crippen molar-refractivity contribution in [3.63, 3.8) is 0 Å². The van der Waals surface area contributed by atoms with E-state index in [0.717, 1.165) is 42.7 Å². The molecular formula is C55H41NS. The highest BCUT2D eigenvalue weighted by Crippen LogP contribution is 2.57. The zero-order valence-corrected chi connectivity index (χ0v) is 32.6. The maximum absolute atomic E-state index is 2.41. The van der Waals surface area contributed by atoms with Crippen LogP contribution in [0.4, 0.5) is 17.1 Å². The standard InChI is InChI=1S/C55H41NS/c1-3-14-38(15-4-1)39-26-32-43(33-27-39)56(44-34-28-40(29-35-44)46-21-13-22-50-49-20-9-12-25-53(49)57-54(46)50)45-36-30-42(31-37-45)55(41-16-5-2-6-17-41)51-23-10-7-18-47(51)48-19-8-11-24-52(48)55/h1-7,9-11,13-18,20-24,26-37H,8,12,19,25H2. The third-order valence-corrected chi connectivity index (χ3v) is 13.6. The van der Waals surface area contributed by atoms with Crippen LogP contribution >= 0.6 is 11.3 Å². The number of benzene rings is 7. The monoisotopic (exact) mass is 747 g/mol. The van der Waals surface area contributed by atoms with E-state index in [1.807, 2.05) is 11.3 Å². The first-order valence-electron chi connectivity index (χ1n) is 20.2. The van der Waals surface area contributed by atoms with Crippen molar-refractivity contribution in [2.75, 3.05) is 4.90 Å². The first-order valence-corrected chi connectivity index (χ1v) is 21.0. The van der Waals surface area contributed by atoms with Gasteiger partial charge >= 0.3 is 0 Å². The highest BCUT2D eigenvalue weighted by atomic mass is 32.1. The molecule has 0 aliphatic heterocycles. The summed E-state index contributed by atoms with van der Waals surface area (Å²) >= 11 is 1.97. The lowest BCUT2D eigenvalue weighted by Crippen LogP contribution is -2.29. The van der Waals surface area contributed by atoms with Crippen molar-refractivity contribution >= 4 is 50.1 Å². The fraction of sp³-hybridized carbons (Fsp3) is 0.0909. The molecule has 0 spiro atoms. The summed E-state index contributed by atoms with van der Waals surface area (Å²) in [5.41, 5.74) is 17.7. The van der Waals surface area contributed by atoms with Crippen molar-refractivity contribution in [1.29, 1.82) is 0 Å². The summed E-state index contributed by atoms with van der Waals surface area (Å²) in [7, 11) is 0. The molecule has 3 aliphatic rings. The number of fused-ring (bicyclic) bond motifs is 5. The van der Waals surface area contributed by atoms with Crippen LogP contribution in [0.15, 0.2) is 200 Å². The normalized spacial score (nSPS) is 16.7. The van der Waals surface area contributed by atoms with E-state index in [1.165, 1.54) is 76.2 Å². The lowest BCUT2D eigenvalue weighted by Gasteiger charge is -2.36. The number of aryl methyl sites for hydroxylation is 1. The Hall–Kier alpha value is -6.48. The molecule has 272 valence electrons. The van der Waals surface area contributed by atoms with Gasteiger partial charge in [0.25, 0.3) is 0 Å². The van der Waals surface area contributed by atoms with E-state index in [4.69, 9.17) is 0 Å². The van der Waals surface area contributed by atoms with Crippen LogP contribution in [0.25, 0.3) is 44.0 Å². The molecule has 0 saturated carbocycles. The van der Waals surface area contributed by atoms with Gasteiger partial charge in [0, 0.05) is 32.0 Å². The summed E-state index contributed by atoms with van der Waals surface area (Å²) in [5, 5.41) is 1.37. The third-order valence-electron chi connectivity index (χ3n) is 12.3.